The Morgan fingerprint density at radius 2 is 2.15 bits per heavy atom. The van der Waals surface area contributed by atoms with Crippen molar-refractivity contribution in [2.24, 2.45) is 0 Å². The molecule has 0 unspecified atom stereocenters. The highest BCUT2D eigenvalue weighted by molar-refractivity contribution is 6.01. The highest BCUT2D eigenvalue weighted by Crippen LogP contribution is 2.24. The normalized spacial score (nSPS) is 15.1. The minimum absolute atomic E-state index is 0.142. The topological polar surface area (TPSA) is 122 Å². The van der Waals surface area contributed by atoms with Gasteiger partial charge in [-0.15, -0.1) is 0 Å². The lowest BCUT2D eigenvalue weighted by molar-refractivity contribution is 0.0929. The average Bonchev–Trinajstić information content (AvgIpc) is 3.24. The molecule has 1 aromatic carbocycles. The molecule has 4 N–H and O–H groups in total. The first-order chi connectivity index (χ1) is 12.7. The molecule has 1 amide bonds. The van der Waals surface area contributed by atoms with Gasteiger partial charge in [-0.25, -0.2) is 4.98 Å². The summed E-state index contributed by atoms with van der Waals surface area (Å²) in [4.78, 5) is 20.5. The molecule has 1 aliphatic heterocycles. The third-order valence-electron chi connectivity index (χ3n) is 4.68. The predicted octanol–water partition coefficient (Wildman–Crippen LogP) is 1.61. The van der Waals surface area contributed by atoms with Crippen molar-refractivity contribution in [3.8, 4) is 17.6 Å². The summed E-state index contributed by atoms with van der Waals surface area (Å²) in [5, 5.41) is 22.6. The van der Waals surface area contributed by atoms with Gasteiger partial charge in [0.2, 0.25) is 0 Å². The number of aryl methyl sites for hydroxylation is 1. The van der Waals surface area contributed by atoms with Crippen LogP contribution in [0.4, 0.5) is 0 Å². The standard InChI is InChI=1S/C18H19N7O/c1-10-15(18(26)21-12-4-6-20-7-5-12)16(25-24-10)17-22-13-3-2-11(9-19)8-14(13)23-17/h2-3,8,12,20H,4-7H2,1H3,(H,21,26)(H,22,23)(H,24,25). The number of carbonyl (C=O) groups excluding carboxylic acids is 1. The first kappa shape index (κ1) is 16.3. The van der Waals surface area contributed by atoms with Crippen LogP contribution in [0.2, 0.25) is 0 Å². The second-order valence-electron chi connectivity index (χ2n) is 6.50. The molecule has 8 nitrogen and oxygen atoms in total. The zero-order valence-electron chi connectivity index (χ0n) is 14.4. The van der Waals surface area contributed by atoms with E-state index < -0.39 is 0 Å². The Hall–Kier alpha value is -3.18. The van der Waals surface area contributed by atoms with Gasteiger partial charge in [-0.2, -0.15) is 10.4 Å². The number of fused-ring (bicyclic) bond motifs is 1. The van der Waals surface area contributed by atoms with Crippen molar-refractivity contribution in [1.82, 2.24) is 30.8 Å². The number of benzene rings is 1. The Morgan fingerprint density at radius 3 is 2.92 bits per heavy atom. The Kier molecular flexibility index (Phi) is 4.14. The van der Waals surface area contributed by atoms with Crippen molar-refractivity contribution < 1.29 is 4.79 Å². The van der Waals surface area contributed by atoms with Crippen LogP contribution in [0.3, 0.4) is 0 Å². The molecule has 0 aliphatic carbocycles. The van der Waals surface area contributed by atoms with Crippen molar-refractivity contribution in [1.29, 1.82) is 5.26 Å². The highest BCUT2D eigenvalue weighted by Gasteiger charge is 2.24. The summed E-state index contributed by atoms with van der Waals surface area (Å²) in [5.41, 5.74) is 3.71. The zero-order valence-corrected chi connectivity index (χ0v) is 14.4. The number of imidazole rings is 1. The van der Waals surface area contributed by atoms with Gasteiger partial charge in [-0.3, -0.25) is 9.89 Å². The molecule has 4 rings (SSSR count). The molecule has 26 heavy (non-hydrogen) atoms. The largest absolute Gasteiger partial charge is 0.349 e. The maximum Gasteiger partial charge on any atom is 0.255 e. The number of rotatable bonds is 3. The third kappa shape index (κ3) is 2.93. The fourth-order valence-corrected chi connectivity index (χ4v) is 3.29. The number of carbonyl (C=O) groups is 1. The summed E-state index contributed by atoms with van der Waals surface area (Å²) in [6.07, 6.45) is 1.83. The lowest BCUT2D eigenvalue weighted by Gasteiger charge is -2.23. The van der Waals surface area contributed by atoms with E-state index in [1.807, 2.05) is 6.92 Å². The molecule has 0 bridgehead atoms. The number of hydrogen-bond acceptors (Lipinski definition) is 5. The van der Waals surface area contributed by atoms with Crippen LogP contribution in [0.1, 0.15) is 34.5 Å². The Labute approximate surface area is 150 Å². The van der Waals surface area contributed by atoms with E-state index >= 15 is 0 Å². The molecule has 1 aliphatic rings. The number of hydrogen-bond donors (Lipinski definition) is 4. The molecule has 2 aromatic heterocycles. The molecule has 132 valence electrons. The summed E-state index contributed by atoms with van der Waals surface area (Å²) < 4.78 is 0. The fourth-order valence-electron chi connectivity index (χ4n) is 3.29. The summed E-state index contributed by atoms with van der Waals surface area (Å²) in [6, 6.07) is 7.51. The van der Waals surface area contributed by atoms with Gasteiger partial charge in [0.25, 0.3) is 5.91 Å². The minimum Gasteiger partial charge on any atom is -0.349 e. The van der Waals surface area contributed by atoms with Gasteiger partial charge in [0.15, 0.2) is 5.82 Å². The van der Waals surface area contributed by atoms with Crippen LogP contribution in [0.15, 0.2) is 18.2 Å². The summed E-state index contributed by atoms with van der Waals surface area (Å²) in [6.45, 7) is 3.64. The number of piperidine rings is 1. The van der Waals surface area contributed by atoms with Gasteiger partial charge in [-0.1, -0.05) is 0 Å². The molecule has 0 saturated carbocycles. The molecular weight excluding hydrogens is 330 g/mol. The molecule has 0 atom stereocenters. The van der Waals surface area contributed by atoms with E-state index in [2.05, 4.69) is 36.9 Å². The summed E-state index contributed by atoms with van der Waals surface area (Å²) >= 11 is 0. The lowest BCUT2D eigenvalue weighted by Crippen LogP contribution is -2.42. The molecule has 1 fully saturated rings. The van der Waals surface area contributed by atoms with E-state index in [0.29, 0.717) is 28.3 Å². The van der Waals surface area contributed by atoms with E-state index in [1.54, 1.807) is 18.2 Å². The number of nitrogens with one attached hydrogen (secondary N) is 4. The van der Waals surface area contributed by atoms with Crippen LogP contribution in [0.5, 0.6) is 0 Å². The van der Waals surface area contributed by atoms with Crippen LogP contribution in [-0.4, -0.2) is 45.2 Å². The van der Waals surface area contributed by atoms with Crippen LogP contribution in [-0.2, 0) is 0 Å². The van der Waals surface area contributed by atoms with Crippen molar-refractivity contribution in [3.63, 3.8) is 0 Å². The minimum atomic E-state index is -0.142. The quantitative estimate of drug-likeness (QED) is 0.572. The molecule has 3 aromatic rings. The number of aromatic nitrogens is 4. The number of nitrogens with zero attached hydrogens (tertiary/aromatic N) is 3. The van der Waals surface area contributed by atoms with Gasteiger partial charge in [0.05, 0.1) is 28.2 Å². The predicted molar refractivity (Wildman–Crippen MR) is 96.5 cm³/mol. The van der Waals surface area contributed by atoms with Crippen LogP contribution >= 0.6 is 0 Å². The van der Waals surface area contributed by atoms with Crippen molar-refractivity contribution in [2.75, 3.05) is 13.1 Å². The first-order valence-electron chi connectivity index (χ1n) is 8.62. The van der Waals surface area contributed by atoms with Gasteiger partial charge in [0, 0.05) is 11.7 Å². The molecule has 0 radical (unpaired) electrons. The van der Waals surface area contributed by atoms with E-state index in [9.17, 15) is 4.79 Å². The average molecular weight is 349 g/mol. The smallest absolute Gasteiger partial charge is 0.255 e. The van der Waals surface area contributed by atoms with Gasteiger partial charge >= 0.3 is 0 Å². The number of nitriles is 1. The van der Waals surface area contributed by atoms with E-state index in [4.69, 9.17) is 5.26 Å². The molecule has 1 saturated heterocycles. The number of aromatic amines is 2. The van der Waals surface area contributed by atoms with Crippen LogP contribution in [0, 0.1) is 18.3 Å². The van der Waals surface area contributed by atoms with Crippen LogP contribution in [0.25, 0.3) is 22.6 Å². The van der Waals surface area contributed by atoms with Crippen molar-refractivity contribution >= 4 is 16.9 Å². The van der Waals surface area contributed by atoms with Gasteiger partial charge < -0.3 is 15.6 Å². The van der Waals surface area contributed by atoms with Crippen molar-refractivity contribution in [3.05, 3.63) is 35.0 Å². The second-order valence-corrected chi connectivity index (χ2v) is 6.50. The number of amides is 1. The van der Waals surface area contributed by atoms with E-state index in [1.165, 1.54) is 0 Å². The molecule has 8 heteroatoms. The SMILES string of the molecule is Cc1[nH]nc(-c2nc3ccc(C#N)cc3[nH]2)c1C(=O)NC1CCNCC1. The monoisotopic (exact) mass is 349 g/mol. The zero-order chi connectivity index (χ0) is 18.1. The number of H-pyrrole nitrogens is 2. The molecular formula is C18H19N7O. The fraction of sp³-hybridized carbons (Fsp3) is 0.333. The summed E-state index contributed by atoms with van der Waals surface area (Å²) in [7, 11) is 0. The molecule has 3 heterocycles. The Bertz CT molecular complexity index is 1000. The van der Waals surface area contributed by atoms with E-state index in [0.717, 1.165) is 37.0 Å². The third-order valence-corrected chi connectivity index (χ3v) is 4.68. The Morgan fingerprint density at radius 1 is 1.35 bits per heavy atom. The van der Waals surface area contributed by atoms with Gasteiger partial charge in [0.1, 0.15) is 5.69 Å². The van der Waals surface area contributed by atoms with Crippen LogP contribution < -0.4 is 10.6 Å². The maximum absolute atomic E-state index is 12.8. The highest BCUT2D eigenvalue weighted by atomic mass is 16.1. The van der Waals surface area contributed by atoms with Gasteiger partial charge in [-0.05, 0) is 51.1 Å². The summed E-state index contributed by atoms with van der Waals surface area (Å²) in [5.74, 6) is 0.367. The van der Waals surface area contributed by atoms with Crippen molar-refractivity contribution in [2.45, 2.75) is 25.8 Å². The molecule has 0 spiro atoms. The first-order valence-corrected chi connectivity index (χ1v) is 8.62. The maximum atomic E-state index is 12.8. The lowest BCUT2D eigenvalue weighted by atomic mass is 10.1. The second kappa shape index (κ2) is 6.61. The Balaban J connectivity index is 1.67. The van der Waals surface area contributed by atoms with E-state index in [-0.39, 0.29) is 11.9 Å².